The van der Waals surface area contributed by atoms with Crippen LogP contribution < -0.4 is 0 Å². The first-order valence-electron chi connectivity index (χ1n) is 11.1. The van der Waals surface area contributed by atoms with Crippen molar-refractivity contribution in [3.63, 3.8) is 0 Å². The molecule has 1 fully saturated rings. The molecule has 0 bridgehead atoms. The summed E-state index contributed by atoms with van der Waals surface area (Å²) in [4.78, 5) is 58.8. The van der Waals surface area contributed by atoms with Gasteiger partial charge in [0.15, 0.2) is 24.4 Å². The van der Waals surface area contributed by atoms with Gasteiger partial charge in [-0.2, -0.15) is 5.26 Å². The fourth-order valence-corrected chi connectivity index (χ4v) is 3.99. The number of ether oxygens (including phenoxy) is 7. The predicted octanol–water partition coefficient (Wildman–Crippen LogP) is 0.138. The number of carbonyl (C=O) groups is 5. The number of esters is 5. The van der Waals surface area contributed by atoms with Crippen LogP contribution >= 0.6 is 0 Å². The first kappa shape index (κ1) is 28.7. The van der Waals surface area contributed by atoms with Gasteiger partial charge < -0.3 is 33.2 Å². The minimum absolute atomic E-state index is 0.268. The fraction of sp³-hybridized carbons (Fsp3) is 0.652. The molecule has 2 aliphatic rings. The van der Waals surface area contributed by atoms with Crippen molar-refractivity contribution in [2.45, 2.75) is 77.3 Å². The van der Waals surface area contributed by atoms with E-state index >= 15 is 0 Å². The highest BCUT2D eigenvalue weighted by atomic mass is 16.7. The number of nitriles is 1. The standard InChI is InChI=1S/C23H29NO12/c1-11(25)30-9-18-17(7-6-16(8-24)35-18)20-22(33-14(4)28)23(34-15(5)29)21(32-13(3)27)19(36-20)10-31-12(2)26/h6-7,16-23H,9-10H2,1-5H3/t16-,17+,18-,19-,20-,21-,22+,23+/m1/s1. The molecule has 0 aromatic rings. The molecular weight excluding hydrogens is 482 g/mol. The maximum absolute atomic E-state index is 12.0. The van der Waals surface area contributed by atoms with E-state index in [-0.39, 0.29) is 13.2 Å². The van der Waals surface area contributed by atoms with Crippen LogP contribution in [0.5, 0.6) is 0 Å². The minimum atomic E-state index is -1.36. The van der Waals surface area contributed by atoms with Gasteiger partial charge >= 0.3 is 29.8 Å². The first-order chi connectivity index (χ1) is 16.9. The zero-order valence-corrected chi connectivity index (χ0v) is 20.5. The summed E-state index contributed by atoms with van der Waals surface area (Å²) < 4.78 is 38.3. The molecule has 13 nitrogen and oxygen atoms in total. The second-order valence-electron chi connectivity index (χ2n) is 8.15. The number of hydrogen-bond acceptors (Lipinski definition) is 13. The monoisotopic (exact) mass is 511 g/mol. The third-order valence-electron chi connectivity index (χ3n) is 5.24. The van der Waals surface area contributed by atoms with E-state index in [1.54, 1.807) is 6.08 Å². The van der Waals surface area contributed by atoms with Crippen molar-refractivity contribution < 1.29 is 57.1 Å². The minimum Gasteiger partial charge on any atom is -0.463 e. The summed E-state index contributed by atoms with van der Waals surface area (Å²) in [5.41, 5.74) is 0. The summed E-state index contributed by atoms with van der Waals surface area (Å²) in [6.45, 7) is 5.08. The molecule has 0 unspecified atom stereocenters. The van der Waals surface area contributed by atoms with Gasteiger partial charge in [0.1, 0.15) is 31.5 Å². The normalized spacial score (nSPS) is 31.3. The quantitative estimate of drug-likeness (QED) is 0.245. The molecule has 0 aromatic heterocycles. The van der Waals surface area contributed by atoms with Crippen LogP contribution in [0.1, 0.15) is 34.6 Å². The van der Waals surface area contributed by atoms with Gasteiger partial charge in [-0.05, 0) is 6.08 Å². The van der Waals surface area contributed by atoms with Gasteiger partial charge in [0.25, 0.3) is 0 Å². The molecule has 2 aliphatic heterocycles. The predicted molar refractivity (Wildman–Crippen MR) is 115 cm³/mol. The highest BCUT2D eigenvalue weighted by Crippen LogP contribution is 2.36. The Morgan fingerprint density at radius 3 is 1.69 bits per heavy atom. The topological polar surface area (TPSA) is 174 Å². The Morgan fingerprint density at radius 2 is 1.19 bits per heavy atom. The van der Waals surface area contributed by atoms with Crippen molar-refractivity contribution in [2.75, 3.05) is 13.2 Å². The first-order valence-corrected chi connectivity index (χ1v) is 11.1. The van der Waals surface area contributed by atoms with Crippen LogP contribution in [-0.2, 0) is 57.1 Å². The molecule has 0 N–H and O–H groups in total. The summed E-state index contributed by atoms with van der Waals surface area (Å²) in [7, 11) is 0. The molecule has 198 valence electrons. The van der Waals surface area contributed by atoms with E-state index in [0.717, 1.165) is 20.8 Å². The van der Waals surface area contributed by atoms with Gasteiger partial charge in [-0.3, -0.25) is 24.0 Å². The second-order valence-corrected chi connectivity index (χ2v) is 8.15. The summed E-state index contributed by atoms with van der Waals surface area (Å²) in [5, 5.41) is 9.29. The molecule has 8 atom stereocenters. The van der Waals surface area contributed by atoms with Crippen LogP contribution in [0.3, 0.4) is 0 Å². The Kier molecular flexibility index (Phi) is 10.4. The van der Waals surface area contributed by atoms with Crippen LogP contribution in [0.2, 0.25) is 0 Å². The van der Waals surface area contributed by atoms with Gasteiger partial charge in [0.2, 0.25) is 0 Å². The van der Waals surface area contributed by atoms with Crippen molar-refractivity contribution in [3.05, 3.63) is 12.2 Å². The average molecular weight is 511 g/mol. The summed E-state index contributed by atoms with van der Waals surface area (Å²) in [6.07, 6.45) is -5.10. The highest BCUT2D eigenvalue weighted by Gasteiger charge is 2.55. The molecule has 1 saturated heterocycles. The number of hydrogen-bond donors (Lipinski definition) is 0. The molecule has 0 aromatic carbocycles. The van der Waals surface area contributed by atoms with Crippen molar-refractivity contribution in [3.8, 4) is 6.07 Å². The number of nitrogens with zero attached hydrogens (tertiary/aromatic N) is 1. The lowest BCUT2D eigenvalue weighted by Gasteiger charge is -2.48. The van der Waals surface area contributed by atoms with Crippen molar-refractivity contribution in [1.29, 1.82) is 5.26 Å². The van der Waals surface area contributed by atoms with Crippen LogP contribution in [0.4, 0.5) is 0 Å². The van der Waals surface area contributed by atoms with E-state index in [1.165, 1.54) is 19.9 Å². The van der Waals surface area contributed by atoms with Crippen LogP contribution in [0.15, 0.2) is 12.2 Å². The molecule has 0 amide bonds. The third kappa shape index (κ3) is 8.03. The van der Waals surface area contributed by atoms with Crippen molar-refractivity contribution >= 4 is 29.8 Å². The molecule has 0 radical (unpaired) electrons. The molecule has 0 saturated carbocycles. The molecule has 0 spiro atoms. The molecular formula is C23H29NO12. The Balaban J connectivity index is 2.56. The third-order valence-corrected chi connectivity index (χ3v) is 5.24. The molecule has 2 rings (SSSR count). The second kappa shape index (κ2) is 13.0. The van der Waals surface area contributed by atoms with Gasteiger partial charge in [0, 0.05) is 40.5 Å². The van der Waals surface area contributed by atoms with Crippen molar-refractivity contribution in [1.82, 2.24) is 0 Å². The van der Waals surface area contributed by atoms with Crippen LogP contribution in [0.25, 0.3) is 0 Å². The lowest BCUT2D eigenvalue weighted by Crippen LogP contribution is -2.65. The Hall–Kier alpha value is -3.50. The smallest absolute Gasteiger partial charge is 0.303 e. The van der Waals surface area contributed by atoms with E-state index in [4.69, 9.17) is 33.2 Å². The van der Waals surface area contributed by atoms with E-state index in [9.17, 15) is 29.2 Å². The summed E-state index contributed by atoms with van der Waals surface area (Å²) in [5.74, 6) is -4.31. The number of carbonyl (C=O) groups excluding carboxylic acids is 5. The highest BCUT2D eigenvalue weighted by molar-refractivity contribution is 5.69. The Bertz CT molecular complexity index is 925. The SMILES string of the molecule is CC(=O)OC[C@H]1O[C@@H](C#N)C=C[C@@H]1[C@H]1O[C@H](COC(C)=O)[C@@H](OC(C)=O)[C@H](OC(C)=O)[C@H]1OC(C)=O. The van der Waals surface area contributed by atoms with E-state index in [0.29, 0.717) is 0 Å². The van der Waals surface area contributed by atoms with Crippen LogP contribution in [-0.4, -0.2) is 85.8 Å². The summed E-state index contributed by atoms with van der Waals surface area (Å²) in [6, 6.07) is 1.93. The van der Waals surface area contributed by atoms with E-state index in [1.807, 2.05) is 6.07 Å². The van der Waals surface area contributed by atoms with Gasteiger partial charge in [-0.1, -0.05) is 6.08 Å². The van der Waals surface area contributed by atoms with Crippen molar-refractivity contribution in [2.24, 2.45) is 5.92 Å². The van der Waals surface area contributed by atoms with Crippen LogP contribution in [0, 0.1) is 17.2 Å². The van der Waals surface area contributed by atoms with E-state index < -0.39 is 78.5 Å². The number of rotatable bonds is 8. The Morgan fingerprint density at radius 1 is 0.694 bits per heavy atom. The molecule has 0 aliphatic carbocycles. The Labute approximate surface area is 207 Å². The van der Waals surface area contributed by atoms with Gasteiger partial charge in [0.05, 0.1) is 6.07 Å². The average Bonchev–Trinajstić information content (AvgIpc) is 2.78. The molecule has 2 heterocycles. The largest absolute Gasteiger partial charge is 0.463 e. The van der Waals surface area contributed by atoms with Gasteiger partial charge in [-0.25, -0.2) is 0 Å². The molecule has 13 heteroatoms. The van der Waals surface area contributed by atoms with Gasteiger partial charge in [-0.15, -0.1) is 0 Å². The molecule has 36 heavy (non-hydrogen) atoms. The fourth-order valence-electron chi connectivity index (χ4n) is 3.99. The summed E-state index contributed by atoms with van der Waals surface area (Å²) >= 11 is 0. The maximum atomic E-state index is 12.0. The zero-order chi connectivity index (χ0) is 27.0. The van der Waals surface area contributed by atoms with E-state index in [2.05, 4.69) is 0 Å². The zero-order valence-electron chi connectivity index (χ0n) is 20.5. The lowest BCUT2D eigenvalue weighted by atomic mass is 9.83. The lowest BCUT2D eigenvalue weighted by molar-refractivity contribution is -0.265. The maximum Gasteiger partial charge on any atom is 0.303 e.